The molecule has 3 heteroatoms. The molecule has 1 aromatic rings. The van der Waals surface area contributed by atoms with Gasteiger partial charge >= 0.3 is 0 Å². The SMILES string of the molecule is Cc1ccc2c(c1)CN(C(=O)CCl)CC2. The van der Waals surface area contributed by atoms with Crippen LogP contribution in [0.25, 0.3) is 0 Å². The molecule has 0 bridgehead atoms. The fourth-order valence-corrected chi connectivity index (χ4v) is 2.15. The van der Waals surface area contributed by atoms with Crippen LogP contribution in [0.15, 0.2) is 18.2 Å². The third kappa shape index (κ3) is 2.15. The summed E-state index contributed by atoms with van der Waals surface area (Å²) in [5.41, 5.74) is 3.87. The summed E-state index contributed by atoms with van der Waals surface area (Å²) in [7, 11) is 0. The summed E-state index contributed by atoms with van der Waals surface area (Å²) >= 11 is 5.55. The molecule has 0 saturated heterocycles. The lowest BCUT2D eigenvalue weighted by atomic mass is 9.98. The van der Waals surface area contributed by atoms with Gasteiger partial charge in [-0.1, -0.05) is 23.8 Å². The molecule has 0 aliphatic carbocycles. The van der Waals surface area contributed by atoms with Crippen LogP contribution in [-0.2, 0) is 17.8 Å². The summed E-state index contributed by atoms with van der Waals surface area (Å²) in [4.78, 5) is 13.3. The number of amides is 1. The first-order valence-electron chi connectivity index (χ1n) is 5.13. The highest BCUT2D eigenvalue weighted by molar-refractivity contribution is 6.27. The predicted octanol–water partition coefficient (Wildman–Crippen LogP) is 2.12. The van der Waals surface area contributed by atoms with Crippen molar-refractivity contribution in [3.63, 3.8) is 0 Å². The van der Waals surface area contributed by atoms with E-state index in [1.165, 1.54) is 16.7 Å². The van der Waals surface area contributed by atoms with Gasteiger partial charge in [-0.3, -0.25) is 4.79 Å². The second-order valence-electron chi connectivity index (χ2n) is 3.97. The molecule has 0 spiro atoms. The molecule has 1 aliphatic heterocycles. The van der Waals surface area contributed by atoms with Crippen molar-refractivity contribution in [2.24, 2.45) is 0 Å². The van der Waals surface area contributed by atoms with Crippen molar-refractivity contribution < 1.29 is 4.79 Å². The second-order valence-corrected chi connectivity index (χ2v) is 4.24. The average molecular weight is 224 g/mol. The molecule has 0 saturated carbocycles. The first-order chi connectivity index (χ1) is 7.20. The van der Waals surface area contributed by atoms with Gasteiger partial charge in [-0.25, -0.2) is 0 Å². The molecule has 0 fully saturated rings. The first kappa shape index (κ1) is 10.5. The Balaban J connectivity index is 2.22. The largest absolute Gasteiger partial charge is 0.337 e. The lowest BCUT2D eigenvalue weighted by molar-refractivity contribution is -0.129. The monoisotopic (exact) mass is 223 g/mol. The van der Waals surface area contributed by atoms with Crippen LogP contribution < -0.4 is 0 Å². The molecule has 0 N–H and O–H groups in total. The van der Waals surface area contributed by atoms with E-state index in [9.17, 15) is 4.79 Å². The summed E-state index contributed by atoms with van der Waals surface area (Å²) in [5, 5.41) is 0. The Kier molecular flexibility index (Phi) is 2.96. The van der Waals surface area contributed by atoms with Gasteiger partial charge in [0.05, 0.1) is 0 Å². The smallest absolute Gasteiger partial charge is 0.237 e. The quantitative estimate of drug-likeness (QED) is 0.668. The van der Waals surface area contributed by atoms with Crippen LogP contribution in [-0.4, -0.2) is 23.2 Å². The Bertz CT molecular complexity index is 389. The Hall–Kier alpha value is -1.02. The molecule has 2 nitrogen and oxygen atoms in total. The van der Waals surface area contributed by atoms with Gasteiger partial charge in [0.1, 0.15) is 5.88 Å². The zero-order valence-corrected chi connectivity index (χ0v) is 9.55. The molecule has 1 aromatic carbocycles. The molecule has 15 heavy (non-hydrogen) atoms. The molecule has 0 aromatic heterocycles. The molecule has 80 valence electrons. The minimum absolute atomic E-state index is 0.0313. The van der Waals surface area contributed by atoms with Crippen LogP contribution in [0, 0.1) is 6.92 Å². The van der Waals surface area contributed by atoms with Crippen LogP contribution in [0.5, 0.6) is 0 Å². The molecule has 1 aliphatic rings. The fraction of sp³-hybridized carbons (Fsp3) is 0.417. The fourth-order valence-electron chi connectivity index (χ4n) is 1.98. The van der Waals surface area contributed by atoms with Gasteiger partial charge < -0.3 is 4.90 Å². The zero-order chi connectivity index (χ0) is 10.8. The minimum Gasteiger partial charge on any atom is -0.337 e. The van der Waals surface area contributed by atoms with Crippen molar-refractivity contribution >= 4 is 17.5 Å². The maximum Gasteiger partial charge on any atom is 0.237 e. The first-order valence-corrected chi connectivity index (χ1v) is 5.66. The van der Waals surface area contributed by atoms with Crippen LogP contribution in [0.3, 0.4) is 0 Å². The Morgan fingerprint density at radius 3 is 3.00 bits per heavy atom. The molecule has 0 radical (unpaired) electrons. The van der Waals surface area contributed by atoms with E-state index < -0.39 is 0 Å². The van der Waals surface area contributed by atoms with Crippen molar-refractivity contribution in [2.45, 2.75) is 19.9 Å². The van der Waals surface area contributed by atoms with Crippen molar-refractivity contribution in [3.05, 3.63) is 34.9 Å². The highest BCUT2D eigenvalue weighted by atomic mass is 35.5. The topological polar surface area (TPSA) is 20.3 Å². The molecule has 0 atom stereocenters. The second kappa shape index (κ2) is 4.23. The number of carbonyl (C=O) groups excluding carboxylic acids is 1. The van der Waals surface area contributed by atoms with E-state index >= 15 is 0 Å². The van der Waals surface area contributed by atoms with Gasteiger partial charge in [-0.15, -0.1) is 11.6 Å². The molecular weight excluding hydrogens is 210 g/mol. The highest BCUT2D eigenvalue weighted by Gasteiger charge is 2.19. The number of halogens is 1. The molecular formula is C12H14ClNO. The number of fused-ring (bicyclic) bond motifs is 1. The number of aryl methyl sites for hydroxylation is 1. The van der Waals surface area contributed by atoms with Crippen LogP contribution >= 0.6 is 11.6 Å². The average Bonchev–Trinajstić information content (AvgIpc) is 2.27. The van der Waals surface area contributed by atoms with Crippen molar-refractivity contribution in [1.82, 2.24) is 4.90 Å². The summed E-state index contributed by atoms with van der Waals surface area (Å²) in [6.07, 6.45) is 0.943. The van der Waals surface area contributed by atoms with Gasteiger partial charge in [0.2, 0.25) is 5.91 Å². The number of nitrogens with zero attached hydrogens (tertiary/aromatic N) is 1. The lowest BCUT2D eigenvalue weighted by Crippen LogP contribution is -2.36. The van der Waals surface area contributed by atoms with E-state index in [1.807, 2.05) is 4.90 Å². The van der Waals surface area contributed by atoms with Gasteiger partial charge in [-0.05, 0) is 24.5 Å². The molecule has 1 amide bonds. The molecule has 2 rings (SSSR count). The van der Waals surface area contributed by atoms with Crippen LogP contribution in [0.1, 0.15) is 16.7 Å². The third-order valence-corrected chi connectivity index (χ3v) is 3.07. The van der Waals surface area contributed by atoms with E-state index in [1.54, 1.807) is 0 Å². The lowest BCUT2D eigenvalue weighted by Gasteiger charge is -2.28. The van der Waals surface area contributed by atoms with E-state index in [-0.39, 0.29) is 11.8 Å². The molecule has 1 heterocycles. The number of rotatable bonds is 1. The van der Waals surface area contributed by atoms with Gasteiger partial charge in [0.25, 0.3) is 0 Å². The summed E-state index contributed by atoms with van der Waals surface area (Å²) in [6.45, 7) is 3.58. The van der Waals surface area contributed by atoms with E-state index in [0.29, 0.717) is 6.54 Å². The van der Waals surface area contributed by atoms with Crippen LogP contribution in [0.2, 0.25) is 0 Å². The third-order valence-electron chi connectivity index (χ3n) is 2.84. The summed E-state index contributed by atoms with van der Waals surface area (Å²) in [6, 6.07) is 6.44. The number of benzene rings is 1. The van der Waals surface area contributed by atoms with Gasteiger partial charge in [0, 0.05) is 13.1 Å². The number of hydrogen-bond donors (Lipinski definition) is 0. The summed E-state index contributed by atoms with van der Waals surface area (Å²) < 4.78 is 0. The number of alkyl halides is 1. The van der Waals surface area contributed by atoms with E-state index in [0.717, 1.165) is 13.0 Å². The number of hydrogen-bond acceptors (Lipinski definition) is 1. The Morgan fingerprint density at radius 1 is 1.47 bits per heavy atom. The van der Waals surface area contributed by atoms with E-state index in [4.69, 9.17) is 11.6 Å². The maximum atomic E-state index is 11.5. The predicted molar refractivity (Wildman–Crippen MR) is 61.0 cm³/mol. The van der Waals surface area contributed by atoms with Crippen molar-refractivity contribution in [1.29, 1.82) is 0 Å². The van der Waals surface area contributed by atoms with Gasteiger partial charge in [-0.2, -0.15) is 0 Å². The minimum atomic E-state index is 0.0313. The van der Waals surface area contributed by atoms with Crippen LogP contribution in [0.4, 0.5) is 0 Å². The molecule has 0 unspecified atom stereocenters. The summed E-state index contributed by atoms with van der Waals surface area (Å²) in [5.74, 6) is 0.116. The highest BCUT2D eigenvalue weighted by Crippen LogP contribution is 2.20. The standard InChI is InChI=1S/C12H14ClNO/c1-9-2-3-10-4-5-14(12(15)7-13)8-11(10)6-9/h2-3,6H,4-5,7-8H2,1H3. The van der Waals surface area contributed by atoms with Crippen molar-refractivity contribution in [2.75, 3.05) is 12.4 Å². The Labute approximate surface area is 94.8 Å². The normalized spacial score (nSPS) is 14.9. The number of carbonyl (C=O) groups is 1. The Morgan fingerprint density at radius 2 is 2.27 bits per heavy atom. The van der Waals surface area contributed by atoms with Crippen molar-refractivity contribution in [3.8, 4) is 0 Å². The van der Waals surface area contributed by atoms with E-state index in [2.05, 4.69) is 25.1 Å². The zero-order valence-electron chi connectivity index (χ0n) is 8.79. The van der Waals surface area contributed by atoms with Gasteiger partial charge in [0.15, 0.2) is 0 Å². The maximum absolute atomic E-state index is 11.5.